The Balaban J connectivity index is 2.29. The normalized spacial score (nSPS) is 11.5. The van der Waals surface area contributed by atoms with E-state index in [0.29, 0.717) is 12.8 Å². The first-order chi connectivity index (χ1) is 8.24. The standard InChI is InChI=1S/C14H18N2O/c1-12(13-8-4-2-5-9-13)16-14(17)10-6-3-7-11-15/h2,4-5,8-9,12H,3,6-7,10H2,1H3,(H,16,17). The quantitative estimate of drug-likeness (QED) is 0.764. The van der Waals surface area contributed by atoms with Crippen LogP contribution >= 0.6 is 0 Å². The molecule has 0 aromatic heterocycles. The van der Waals surface area contributed by atoms with Gasteiger partial charge in [0.05, 0.1) is 12.1 Å². The minimum atomic E-state index is 0.0414. The maximum Gasteiger partial charge on any atom is 0.220 e. The Kier molecular flexibility index (Phi) is 5.81. The van der Waals surface area contributed by atoms with E-state index >= 15 is 0 Å². The molecular weight excluding hydrogens is 212 g/mol. The van der Waals surface area contributed by atoms with Crippen LogP contribution in [0, 0.1) is 11.3 Å². The van der Waals surface area contributed by atoms with E-state index in [1.54, 1.807) is 0 Å². The van der Waals surface area contributed by atoms with Gasteiger partial charge in [0.2, 0.25) is 5.91 Å². The number of hydrogen-bond acceptors (Lipinski definition) is 2. The molecule has 1 unspecified atom stereocenters. The molecule has 0 aliphatic heterocycles. The van der Waals surface area contributed by atoms with Crippen molar-refractivity contribution in [3.05, 3.63) is 35.9 Å². The van der Waals surface area contributed by atoms with Gasteiger partial charge < -0.3 is 5.32 Å². The van der Waals surface area contributed by atoms with Crippen molar-refractivity contribution in [2.45, 2.75) is 38.6 Å². The first-order valence-corrected chi connectivity index (χ1v) is 5.95. The highest BCUT2D eigenvalue weighted by Crippen LogP contribution is 2.11. The van der Waals surface area contributed by atoms with Crippen molar-refractivity contribution >= 4 is 5.91 Å². The van der Waals surface area contributed by atoms with Crippen LogP contribution in [0.4, 0.5) is 0 Å². The molecule has 1 aromatic rings. The zero-order valence-electron chi connectivity index (χ0n) is 10.1. The molecule has 0 aliphatic carbocycles. The average Bonchev–Trinajstić information content (AvgIpc) is 2.36. The van der Waals surface area contributed by atoms with Gasteiger partial charge in [-0.25, -0.2) is 0 Å². The number of hydrogen-bond donors (Lipinski definition) is 1. The molecule has 1 amide bonds. The molecule has 90 valence electrons. The van der Waals surface area contributed by atoms with Crippen molar-refractivity contribution in [3.8, 4) is 6.07 Å². The smallest absolute Gasteiger partial charge is 0.220 e. The van der Waals surface area contributed by atoms with E-state index in [4.69, 9.17) is 5.26 Å². The molecule has 3 heteroatoms. The Morgan fingerprint density at radius 3 is 2.71 bits per heavy atom. The highest BCUT2D eigenvalue weighted by Gasteiger charge is 2.08. The minimum absolute atomic E-state index is 0.0414. The molecule has 1 aromatic carbocycles. The Labute approximate surface area is 102 Å². The van der Waals surface area contributed by atoms with Crippen LogP contribution in [0.25, 0.3) is 0 Å². The summed E-state index contributed by atoms with van der Waals surface area (Å²) in [6.45, 7) is 1.97. The lowest BCUT2D eigenvalue weighted by molar-refractivity contribution is -0.121. The summed E-state index contributed by atoms with van der Waals surface area (Å²) in [7, 11) is 0. The summed E-state index contributed by atoms with van der Waals surface area (Å²) < 4.78 is 0. The molecule has 0 saturated carbocycles. The van der Waals surface area contributed by atoms with Crippen molar-refractivity contribution in [3.63, 3.8) is 0 Å². The van der Waals surface area contributed by atoms with Gasteiger partial charge in [-0.05, 0) is 25.3 Å². The third-order valence-corrected chi connectivity index (χ3v) is 2.62. The lowest BCUT2D eigenvalue weighted by Gasteiger charge is -2.13. The summed E-state index contributed by atoms with van der Waals surface area (Å²) in [6, 6.07) is 12.0. The highest BCUT2D eigenvalue weighted by atomic mass is 16.1. The Morgan fingerprint density at radius 1 is 1.35 bits per heavy atom. The second kappa shape index (κ2) is 7.45. The van der Waals surface area contributed by atoms with Gasteiger partial charge in [-0.15, -0.1) is 0 Å². The number of unbranched alkanes of at least 4 members (excludes halogenated alkanes) is 2. The fourth-order valence-electron chi connectivity index (χ4n) is 1.63. The van der Waals surface area contributed by atoms with Gasteiger partial charge in [0.15, 0.2) is 0 Å². The van der Waals surface area contributed by atoms with E-state index in [1.807, 2.05) is 37.3 Å². The highest BCUT2D eigenvalue weighted by molar-refractivity contribution is 5.76. The summed E-state index contributed by atoms with van der Waals surface area (Å²) in [6.07, 6.45) is 2.60. The Hall–Kier alpha value is -1.82. The van der Waals surface area contributed by atoms with Crippen LogP contribution in [0.3, 0.4) is 0 Å². The van der Waals surface area contributed by atoms with Crippen LogP contribution in [0.2, 0.25) is 0 Å². The summed E-state index contributed by atoms with van der Waals surface area (Å²) in [5.41, 5.74) is 1.11. The van der Waals surface area contributed by atoms with E-state index in [-0.39, 0.29) is 11.9 Å². The van der Waals surface area contributed by atoms with Crippen molar-refractivity contribution in [1.29, 1.82) is 5.26 Å². The molecule has 1 rings (SSSR count). The molecule has 0 radical (unpaired) electrons. The van der Waals surface area contributed by atoms with Gasteiger partial charge in [-0.3, -0.25) is 4.79 Å². The van der Waals surface area contributed by atoms with E-state index in [1.165, 1.54) is 0 Å². The van der Waals surface area contributed by atoms with Crippen LogP contribution in [0.1, 0.15) is 44.2 Å². The zero-order valence-corrected chi connectivity index (χ0v) is 10.1. The number of carbonyl (C=O) groups excluding carboxylic acids is 1. The summed E-state index contributed by atoms with van der Waals surface area (Å²) in [5, 5.41) is 11.3. The third-order valence-electron chi connectivity index (χ3n) is 2.62. The van der Waals surface area contributed by atoms with Gasteiger partial charge in [0.1, 0.15) is 0 Å². The number of nitrogens with zero attached hydrogens (tertiary/aromatic N) is 1. The van der Waals surface area contributed by atoms with Crippen LogP contribution in [-0.4, -0.2) is 5.91 Å². The van der Waals surface area contributed by atoms with Crippen molar-refractivity contribution < 1.29 is 4.79 Å². The third kappa shape index (κ3) is 5.17. The van der Waals surface area contributed by atoms with Crippen molar-refractivity contribution in [2.75, 3.05) is 0 Å². The van der Waals surface area contributed by atoms with Crippen LogP contribution < -0.4 is 5.32 Å². The second-order valence-electron chi connectivity index (χ2n) is 4.07. The van der Waals surface area contributed by atoms with Gasteiger partial charge in [0.25, 0.3) is 0 Å². The minimum Gasteiger partial charge on any atom is -0.350 e. The van der Waals surface area contributed by atoms with Gasteiger partial charge in [-0.2, -0.15) is 5.26 Å². The number of nitriles is 1. The van der Waals surface area contributed by atoms with Gasteiger partial charge >= 0.3 is 0 Å². The Morgan fingerprint density at radius 2 is 2.06 bits per heavy atom. The number of benzene rings is 1. The predicted molar refractivity (Wildman–Crippen MR) is 67.1 cm³/mol. The van der Waals surface area contributed by atoms with E-state index in [0.717, 1.165) is 18.4 Å². The number of nitrogens with one attached hydrogen (secondary N) is 1. The fraction of sp³-hybridized carbons (Fsp3) is 0.429. The lowest BCUT2D eigenvalue weighted by Crippen LogP contribution is -2.26. The van der Waals surface area contributed by atoms with Gasteiger partial charge in [-0.1, -0.05) is 30.3 Å². The molecule has 3 nitrogen and oxygen atoms in total. The zero-order chi connectivity index (χ0) is 12.5. The maximum atomic E-state index is 11.6. The molecule has 1 N–H and O–H groups in total. The van der Waals surface area contributed by atoms with Crippen LogP contribution in [0.5, 0.6) is 0 Å². The van der Waals surface area contributed by atoms with E-state index < -0.39 is 0 Å². The van der Waals surface area contributed by atoms with Crippen molar-refractivity contribution in [1.82, 2.24) is 5.32 Å². The number of carbonyl (C=O) groups is 1. The molecule has 0 saturated heterocycles. The number of amides is 1. The Bertz CT molecular complexity index is 381. The van der Waals surface area contributed by atoms with E-state index in [2.05, 4.69) is 11.4 Å². The monoisotopic (exact) mass is 230 g/mol. The fourth-order valence-corrected chi connectivity index (χ4v) is 1.63. The maximum absolute atomic E-state index is 11.6. The number of rotatable bonds is 6. The molecular formula is C14H18N2O. The van der Waals surface area contributed by atoms with E-state index in [9.17, 15) is 4.79 Å². The molecule has 0 bridgehead atoms. The first kappa shape index (κ1) is 13.2. The summed E-state index contributed by atoms with van der Waals surface area (Å²) in [5.74, 6) is 0.0549. The molecule has 0 aliphatic rings. The molecule has 0 spiro atoms. The topological polar surface area (TPSA) is 52.9 Å². The predicted octanol–water partition coefficient (Wildman–Crippen LogP) is 2.95. The molecule has 0 fully saturated rings. The van der Waals surface area contributed by atoms with Gasteiger partial charge in [0, 0.05) is 12.8 Å². The molecule has 0 heterocycles. The average molecular weight is 230 g/mol. The molecule has 1 atom stereocenters. The van der Waals surface area contributed by atoms with Crippen LogP contribution in [0.15, 0.2) is 30.3 Å². The largest absolute Gasteiger partial charge is 0.350 e. The summed E-state index contributed by atoms with van der Waals surface area (Å²) >= 11 is 0. The second-order valence-corrected chi connectivity index (χ2v) is 4.07. The first-order valence-electron chi connectivity index (χ1n) is 5.95. The lowest BCUT2D eigenvalue weighted by atomic mass is 10.1. The van der Waals surface area contributed by atoms with Crippen molar-refractivity contribution in [2.24, 2.45) is 0 Å². The summed E-state index contributed by atoms with van der Waals surface area (Å²) in [4.78, 5) is 11.6. The SMILES string of the molecule is CC(NC(=O)CCCCC#N)c1ccccc1. The molecule has 17 heavy (non-hydrogen) atoms. The van der Waals surface area contributed by atoms with Crippen LogP contribution in [-0.2, 0) is 4.79 Å².